The van der Waals surface area contributed by atoms with Crippen LogP contribution >= 0.6 is 0 Å². The maximum Gasteiger partial charge on any atom is 0.406 e. The van der Waals surface area contributed by atoms with Crippen LogP contribution in [0.3, 0.4) is 0 Å². The molecule has 1 aliphatic rings. The molecule has 0 radical (unpaired) electrons. The van der Waals surface area contributed by atoms with Gasteiger partial charge in [0, 0.05) is 63.0 Å². The van der Waals surface area contributed by atoms with Gasteiger partial charge in [-0.15, -0.1) is 5.10 Å². The lowest BCUT2D eigenvalue weighted by Crippen LogP contribution is -2.24. The molecule has 0 spiro atoms. The number of pyridine rings is 2. The maximum absolute atomic E-state index is 15.0. The Morgan fingerprint density at radius 2 is 1.98 bits per heavy atom. The lowest BCUT2D eigenvalue weighted by molar-refractivity contribution is 0.173. The number of hydrogen-bond acceptors (Lipinski definition) is 7. The van der Waals surface area contributed by atoms with Crippen molar-refractivity contribution < 1.29 is 19.0 Å². The highest BCUT2D eigenvalue weighted by molar-refractivity contribution is 6.14. The molecule has 5 aromatic rings. The number of nitrogens with one attached hydrogen (secondary N) is 2. The first kappa shape index (κ1) is 29.0. The van der Waals surface area contributed by atoms with Crippen LogP contribution in [-0.4, -0.2) is 65.8 Å². The molecule has 12 nitrogen and oxygen atoms in total. The van der Waals surface area contributed by atoms with E-state index in [0.29, 0.717) is 29.7 Å². The predicted octanol–water partition coefficient (Wildman–Crippen LogP) is 3.83. The Labute approximate surface area is 241 Å². The standard InChI is InChI=1S/C26H28FN7O2.C3H7NO2/c1-32-14-18(24(27)31-32)22-20(15-9-10-16(28-12-15)6-5-11-35)21-23-19(13-29-25(21)30-22)33(2)26(36)34(23)17-7-3-4-8-17;1-4-3(5)6-2/h9-10,12-14,17,35H,3-8,11H2,1-2H3,(H,29,30);1-2H3,(H,4,5). The zero-order valence-electron chi connectivity index (χ0n) is 24.1. The van der Waals surface area contributed by atoms with E-state index in [1.165, 1.54) is 18.8 Å². The highest BCUT2D eigenvalue weighted by Gasteiger charge is 2.28. The van der Waals surface area contributed by atoms with Crippen LogP contribution in [0.5, 0.6) is 0 Å². The number of halogens is 1. The number of carbonyl (C=O) groups is 1. The normalized spacial score (nSPS) is 13.5. The number of aliphatic hydroxyl groups excluding tert-OH is 1. The largest absolute Gasteiger partial charge is 0.453 e. The molecule has 5 aromatic heterocycles. The molecule has 222 valence electrons. The fourth-order valence-corrected chi connectivity index (χ4v) is 5.68. The van der Waals surface area contributed by atoms with Gasteiger partial charge < -0.3 is 20.1 Å². The Bertz CT molecular complexity index is 1770. The van der Waals surface area contributed by atoms with Gasteiger partial charge in [-0.25, -0.2) is 14.6 Å². The molecule has 6 rings (SSSR count). The number of amides is 1. The van der Waals surface area contributed by atoms with Crippen molar-refractivity contribution in [1.82, 2.24) is 39.2 Å². The lowest BCUT2D eigenvalue weighted by atomic mass is 10.00. The SMILES string of the molecule is CNC(=O)OC.Cn1cc(-c2[nH]c3ncc4c(c3c2-c2ccc(CCCO)nc2)n(C2CCCC2)c(=O)n4C)c(F)n1. The average molecular weight is 579 g/mol. The van der Waals surface area contributed by atoms with Crippen molar-refractivity contribution in [2.75, 3.05) is 20.8 Å². The number of carbonyl (C=O) groups excluding carboxylic acids is 1. The first-order valence-corrected chi connectivity index (χ1v) is 13.9. The summed E-state index contributed by atoms with van der Waals surface area (Å²) >= 11 is 0. The Kier molecular flexibility index (Phi) is 8.39. The highest BCUT2D eigenvalue weighted by Crippen LogP contribution is 2.42. The molecule has 0 atom stereocenters. The zero-order chi connectivity index (χ0) is 30.0. The van der Waals surface area contributed by atoms with Crippen molar-refractivity contribution in [2.24, 2.45) is 14.1 Å². The third-order valence-corrected chi connectivity index (χ3v) is 7.71. The van der Waals surface area contributed by atoms with Crippen LogP contribution in [0, 0.1) is 5.95 Å². The van der Waals surface area contributed by atoms with Gasteiger partial charge in [0.1, 0.15) is 5.65 Å². The molecule has 0 aliphatic heterocycles. The van der Waals surface area contributed by atoms with Crippen molar-refractivity contribution in [3.8, 4) is 22.4 Å². The molecule has 42 heavy (non-hydrogen) atoms. The summed E-state index contributed by atoms with van der Waals surface area (Å²) in [6, 6.07) is 4.00. The number of nitrogens with zero attached hydrogens (tertiary/aromatic N) is 6. The molecule has 0 bridgehead atoms. The average Bonchev–Trinajstić information content (AvgIpc) is 3.78. The number of aryl methyl sites for hydroxylation is 3. The summed E-state index contributed by atoms with van der Waals surface area (Å²) in [6.07, 6.45) is 10.1. The lowest BCUT2D eigenvalue weighted by Gasteiger charge is -2.13. The third kappa shape index (κ3) is 5.27. The molecule has 13 heteroatoms. The fraction of sp³-hybridized carbons (Fsp3) is 0.414. The summed E-state index contributed by atoms with van der Waals surface area (Å²) in [7, 11) is 6.28. The number of rotatable bonds is 6. The Hall–Kier alpha value is -4.52. The summed E-state index contributed by atoms with van der Waals surface area (Å²) in [5, 5.41) is 16.1. The van der Waals surface area contributed by atoms with E-state index < -0.39 is 12.0 Å². The molecule has 1 saturated carbocycles. The number of fused-ring (bicyclic) bond motifs is 3. The van der Waals surface area contributed by atoms with Crippen molar-refractivity contribution >= 4 is 28.2 Å². The van der Waals surface area contributed by atoms with E-state index in [2.05, 4.69) is 30.1 Å². The van der Waals surface area contributed by atoms with Crippen molar-refractivity contribution in [2.45, 2.75) is 44.6 Å². The van der Waals surface area contributed by atoms with Gasteiger partial charge in [-0.2, -0.15) is 4.39 Å². The van der Waals surface area contributed by atoms with Crippen LogP contribution in [0.4, 0.5) is 9.18 Å². The summed E-state index contributed by atoms with van der Waals surface area (Å²) in [6.45, 7) is 0.104. The monoisotopic (exact) mass is 578 g/mol. The summed E-state index contributed by atoms with van der Waals surface area (Å²) in [4.78, 5) is 35.9. The fourth-order valence-electron chi connectivity index (χ4n) is 5.68. The Balaban J connectivity index is 0.000000535. The van der Waals surface area contributed by atoms with Crippen LogP contribution in [-0.2, 0) is 25.3 Å². The first-order chi connectivity index (χ1) is 20.3. The van der Waals surface area contributed by atoms with Crippen molar-refractivity contribution in [1.29, 1.82) is 0 Å². The maximum atomic E-state index is 15.0. The van der Waals surface area contributed by atoms with Gasteiger partial charge >= 0.3 is 11.8 Å². The van der Waals surface area contributed by atoms with E-state index >= 15 is 0 Å². The first-order valence-electron chi connectivity index (χ1n) is 13.9. The molecule has 0 unspecified atom stereocenters. The van der Waals surface area contributed by atoms with E-state index in [4.69, 9.17) is 5.11 Å². The number of methoxy groups -OCH3 is 1. The van der Waals surface area contributed by atoms with Gasteiger partial charge in [-0.3, -0.25) is 18.8 Å². The van der Waals surface area contributed by atoms with Crippen LogP contribution in [0.25, 0.3) is 44.5 Å². The number of aliphatic hydroxyl groups is 1. The summed E-state index contributed by atoms with van der Waals surface area (Å²) in [5.74, 6) is -0.588. The van der Waals surface area contributed by atoms with Crippen LogP contribution < -0.4 is 11.0 Å². The topological polar surface area (TPSA) is 145 Å². The molecule has 1 aliphatic carbocycles. The second-order valence-corrected chi connectivity index (χ2v) is 10.4. The van der Waals surface area contributed by atoms with E-state index in [9.17, 15) is 14.0 Å². The van der Waals surface area contributed by atoms with Gasteiger partial charge in [0.2, 0.25) is 5.95 Å². The molecule has 3 N–H and O–H groups in total. The van der Waals surface area contributed by atoms with Crippen molar-refractivity contribution in [3.05, 3.63) is 52.8 Å². The number of hydrogen-bond donors (Lipinski definition) is 3. The minimum Gasteiger partial charge on any atom is -0.453 e. The number of aromatic amines is 1. The van der Waals surface area contributed by atoms with Crippen molar-refractivity contribution in [3.63, 3.8) is 0 Å². The van der Waals surface area contributed by atoms with Gasteiger partial charge in [0.05, 0.1) is 41.0 Å². The third-order valence-electron chi connectivity index (χ3n) is 7.71. The van der Waals surface area contributed by atoms with E-state index in [-0.39, 0.29) is 18.3 Å². The number of H-pyrrole nitrogens is 1. The molecule has 0 saturated heterocycles. The number of aromatic nitrogens is 7. The van der Waals surface area contributed by atoms with Gasteiger partial charge in [-0.05, 0) is 31.7 Å². The smallest absolute Gasteiger partial charge is 0.406 e. The molecule has 1 fully saturated rings. The van der Waals surface area contributed by atoms with Crippen LogP contribution in [0.2, 0.25) is 0 Å². The minimum atomic E-state index is -0.588. The Morgan fingerprint density at radius 3 is 2.55 bits per heavy atom. The number of alkyl carbamates (subject to hydrolysis) is 1. The van der Waals surface area contributed by atoms with Gasteiger partial charge in [0.25, 0.3) is 0 Å². The summed E-state index contributed by atoms with van der Waals surface area (Å²) in [5.41, 5.74) is 5.35. The minimum absolute atomic E-state index is 0.0649. The van der Waals surface area contributed by atoms with E-state index in [0.717, 1.165) is 58.9 Å². The predicted molar refractivity (Wildman–Crippen MR) is 157 cm³/mol. The molecular weight excluding hydrogens is 543 g/mol. The van der Waals surface area contributed by atoms with E-state index in [1.54, 1.807) is 37.3 Å². The van der Waals surface area contributed by atoms with Gasteiger partial charge in [0.15, 0.2) is 0 Å². The van der Waals surface area contributed by atoms with Crippen LogP contribution in [0.15, 0.2) is 35.5 Å². The Morgan fingerprint density at radius 1 is 1.21 bits per heavy atom. The second kappa shape index (κ2) is 12.1. The molecule has 1 amide bonds. The van der Waals surface area contributed by atoms with Crippen LogP contribution in [0.1, 0.15) is 43.8 Å². The quantitative estimate of drug-likeness (QED) is 0.278. The van der Waals surface area contributed by atoms with E-state index in [1.807, 2.05) is 16.7 Å². The number of ether oxygens (including phenoxy) is 1. The number of imidazole rings is 1. The molecular formula is C29H35FN8O4. The van der Waals surface area contributed by atoms with Gasteiger partial charge in [-0.1, -0.05) is 18.9 Å². The zero-order valence-corrected chi connectivity index (χ0v) is 24.1. The molecule has 5 heterocycles. The highest BCUT2D eigenvalue weighted by atomic mass is 19.1. The molecule has 0 aromatic carbocycles. The second-order valence-electron chi connectivity index (χ2n) is 10.4. The summed E-state index contributed by atoms with van der Waals surface area (Å²) < 4.78 is 24.1.